The number of aromatic amines is 1. The molecule has 6 heteroatoms. The van der Waals surface area contributed by atoms with Gasteiger partial charge in [0, 0.05) is 41.7 Å². The van der Waals surface area contributed by atoms with Crippen LogP contribution in [0.1, 0.15) is 28.8 Å². The maximum atomic E-state index is 13.0. The van der Waals surface area contributed by atoms with Gasteiger partial charge in [-0.1, -0.05) is 48.5 Å². The number of nitrogens with one attached hydrogen (secondary N) is 1. The summed E-state index contributed by atoms with van der Waals surface area (Å²) in [6.45, 7) is 0.825. The third-order valence-electron chi connectivity index (χ3n) is 5.56. The Labute approximate surface area is 165 Å². The highest BCUT2D eigenvalue weighted by atomic mass is 32.2. The SMILES string of the molecule is O=C(c1c[nH]c2ccccc12)C1CCN(S(=O)(=O)CCc2ccccc2)CC1. The number of sulfonamides is 1. The second kappa shape index (κ2) is 7.89. The molecule has 0 aliphatic carbocycles. The van der Waals surface area contributed by atoms with Crippen molar-refractivity contribution < 1.29 is 13.2 Å². The molecule has 2 heterocycles. The highest BCUT2D eigenvalue weighted by Gasteiger charge is 2.32. The second-order valence-corrected chi connectivity index (χ2v) is 9.43. The Bertz CT molecular complexity index is 1070. The number of rotatable bonds is 6. The van der Waals surface area contributed by atoms with E-state index in [-0.39, 0.29) is 17.5 Å². The Morgan fingerprint density at radius 2 is 1.68 bits per heavy atom. The fourth-order valence-electron chi connectivity index (χ4n) is 3.91. The second-order valence-electron chi connectivity index (χ2n) is 7.34. The molecule has 1 aliphatic rings. The molecule has 0 bridgehead atoms. The van der Waals surface area contributed by atoms with Gasteiger partial charge >= 0.3 is 0 Å². The first-order valence-corrected chi connectivity index (χ1v) is 11.3. The van der Waals surface area contributed by atoms with E-state index < -0.39 is 10.0 Å². The van der Waals surface area contributed by atoms with Gasteiger partial charge in [0.1, 0.15) is 0 Å². The molecular weight excluding hydrogens is 372 g/mol. The highest BCUT2D eigenvalue weighted by Crippen LogP contribution is 2.27. The van der Waals surface area contributed by atoms with Crippen LogP contribution in [0.4, 0.5) is 0 Å². The zero-order valence-corrected chi connectivity index (χ0v) is 16.5. The van der Waals surface area contributed by atoms with E-state index in [1.165, 1.54) is 0 Å². The smallest absolute Gasteiger partial charge is 0.214 e. The molecule has 1 aliphatic heterocycles. The molecule has 0 unspecified atom stereocenters. The van der Waals surface area contributed by atoms with Gasteiger partial charge in [-0.2, -0.15) is 0 Å². The zero-order chi connectivity index (χ0) is 19.6. The number of carbonyl (C=O) groups excluding carboxylic acids is 1. The first-order chi connectivity index (χ1) is 13.5. The number of fused-ring (bicyclic) bond motifs is 1. The van der Waals surface area contributed by atoms with Crippen LogP contribution < -0.4 is 0 Å². The maximum Gasteiger partial charge on any atom is 0.214 e. The van der Waals surface area contributed by atoms with Gasteiger partial charge in [0.2, 0.25) is 10.0 Å². The lowest BCUT2D eigenvalue weighted by Gasteiger charge is -2.30. The van der Waals surface area contributed by atoms with Crippen molar-refractivity contribution >= 4 is 26.7 Å². The first kappa shape index (κ1) is 18.9. The fourth-order valence-corrected chi connectivity index (χ4v) is 5.43. The molecule has 146 valence electrons. The summed E-state index contributed by atoms with van der Waals surface area (Å²) in [5.41, 5.74) is 2.68. The number of Topliss-reactive ketones (excluding diaryl/α,β-unsaturated/α-hetero) is 1. The van der Waals surface area contributed by atoms with E-state index in [1.807, 2.05) is 54.6 Å². The van der Waals surface area contributed by atoms with Crippen LogP contribution in [0.3, 0.4) is 0 Å². The summed E-state index contributed by atoms with van der Waals surface area (Å²) in [6.07, 6.45) is 3.43. The molecule has 28 heavy (non-hydrogen) atoms. The van der Waals surface area contributed by atoms with Crippen molar-refractivity contribution in [2.45, 2.75) is 19.3 Å². The molecule has 0 radical (unpaired) electrons. The van der Waals surface area contributed by atoms with Crippen LogP contribution in [0.25, 0.3) is 10.9 Å². The van der Waals surface area contributed by atoms with Crippen LogP contribution in [-0.2, 0) is 16.4 Å². The lowest BCUT2D eigenvalue weighted by Crippen LogP contribution is -2.41. The van der Waals surface area contributed by atoms with E-state index in [9.17, 15) is 13.2 Å². The van der Waals surface area contributed by atoms with E-state index >= 15 is 0 Å². The lowest BCUT2D eigenvalue weighted by molar-refractivity contribution is 0.0877. The van der Waals surface area contributed by atoms with Gasteiger partial charge in [0.25, 0.3) is 0 Å². The average Bonchev–Trinajstić information content (AvgIpc) is 3.17. The maximum absolute atomic E-state index is 13.0. The van der Waals surface area contributed by atoms with E-state index in [1.54, 1.807) is 10.5 Å². The van der Waals surface area contributed by atoms with E-state index in [2.05, 4.69) is 4.98 Å². The zero-order valence-electron chi connectivity index (χ0n) is 15.7. The van der Waals surface area contributed by atoms with E-state index in [4.69, 9.17) is 0 Å². The predicted octanol–water partition coefficient (Wildman–Crippen LogP) is 3.64. The molecule has 1 fully saturated rings. The molecule has 1 saturated heterocycles. The van der Waals surface area contributed by atoms with Crippen LogP contribution in [0.2, 0.25) is 0 Å². The monoisotopic (exact) mass is 396 g/mol. The molecule has 0 atom stereocenters. The van der Waals surface area contributed by atoms with Gasteiger partial charge < -0.3 is 4.98 Å². The summed E-state index contributed by atoms with van der Waals surface area (Å²) in [5, 5.41) is 0.936. The molecule has 2 aromatic carbocycles. The minimum atomic E-state index is -3.30. The molecule has 0 saturated carbocycles. The number of benzene rings is 2. The van der Waals surface area contributed by atoms with Crippen LogP contribution >= 0.6 is 0 Å². The van der Waals surface area contributed by atoms with Crippen molar-refractivity contribution in [2.75, 3.05) is 18.8 Å². The van der Waals surface area contributed by atoms with Crippen LogP contribution in [-0.4, -0.2) is 42.3 Å². The average molecular weight is 397 g/mol. The van der Waals surface area contributed by atoms with Gasteiger partial charge in [-0.15, -0.1) is 0 Å². The third kappa shape index (κ3) is 3.88. The summed E-state index contributed by atoms with van der Waals surface area (Å²) < 4.78 is 26.9. The van der Waals surface area contributed by atoms with Crippen LogP contribution in [0.5, 0.6) is 0 Å². The number of hydrogen-bond donors (Lipinski definition) is 1. The number of carbonyl (C=O) groups is 1. The van der Waals surface area contributed by atoms with Gasteiger partial charge in [-0.25, -0.2) is 12.7 Å². The number of aromatic nitrogens is 1. The first-order valence-electron chi connectivity index (χ1n) is 9.67. The summed E-state index contributed by atoms with van der Waals surface area (Å²) in [5.74, 6) is 0.0940. The molecule has 0 spiro atoms. The van der Waals surface area contributed by atoms with Crippen molar-refractivity contribution in [3.8, 4) is 0 Å². The van der Waals surface area contributed by atoms with Gasteiger partial charge in [-0.05, 0) is 30.9 Å². The van der Waals surface area contributed by atoms with Crippen molar-refractivity contribution in [2.24, 2.45) is 5.92 Å². The fraction of sp³-hybridized carbons (Fsp3) is 0.318. The van der Waals surface area contributed by atoms with Crippen molar-refractivity contribution in [3.05, 3.63) is 71.9 Å². The van der Waals surface area contributed by atoms with Crippen molar-refractivity contribution in [1.82, 2.24) is 9.29 Å². The molecule has 0 amide bonds. The molecular formula is C22H24N2O3S. The molecule has 1 aromatic heterocycles. The summed E-state index contributed by atoms with van der Waals surface area (Å²) >= 11 is 0. The van der Waals surface area contributed by atoms with E-state index in [0.29, 0.717) is 37.9 Å². The van der Waals surface area contributed by atoms with Crippen molar-refractivity contribution in [1.29, 1.82) is 0 Å². The number of aryl methyl sites for hydroxylation is 1. The minimum Gasteiger partial charge on any atom is -0.360 e. The highest BCUT2D eigenvalue weighted by molar-refractivity contribution is 7.89. The van der Waals surface area contributed by atoms with Gasteiger partial charge in [-0.3, -0.25) is 4.79 Å². The minimum absolute atomic E-state index is 0.109. The number of H-pyrrole nitrogens is 1. The summed E-state index contributed by atoms with van der Waals surface area (Å²) in [4.78, 5) is 16.1. The topological polar surface area (TPSA) is 70.2 Å². The summed E-state index contributed by atoms with van der Waals surface area (Å²) in [7, 11) is -3.30. The van der Waals surface area contributed by atoms with E-state index in [0.717, 1.165) is 16.5 Å². The lowest BCUT2D eigenvalue weighted by atomic mass is 9.89. The van der Waals surface area contributed by atoms with Gasteiger partial charge in [0.05, 0.1) is 5.75 Å². The number of hydrogen-bond acceptors (Lipinski definition) is 3. The Kier molecular flexibility index (Phi) is 5.33. The van der Waals surface area contributed by atoms with Crippen molar-refractivity contribution in [3.63, 3.8) is 0 Å². The Morgan fingerprint density at radius 1 is 1.00 bits per heavy atom. The van der Waals surface area contributed by atoms with Crippen LogP contribution in [0.15, 0.2) is 60.8 Å². The third-order valence-corrected chi connectivity index (χ3v) is 7.44. The van der Waals surface area contributed by atoms with Crippen LogP contribution in [0, 0.1) is 5.92 Å². The molecule has 3 aromatic rings. The Morgan fingerprint density at radius 3 is 2.43 bits per heavy atom. The quantitative estimate of drug-likeness (QED) is 0.647. The number of nitrogens with zero attached hydrogens (tertiary/aromatic N) is 1. The number of para-hydroxylation sites is 1. The summed E-state index contributed by atoms with van der Waals surface area (Å²) in [6, 6.07) is 17.4. The Hall–Kier alpha value is -2.44. The Balaban J connectivity index is 1.38. The number of ketones is 1. The normalized spacial score (nSPS) is 16.4. The van der Waals surface area contributed by atoms with Gasteiger partial charge in [0.15, 0.2) is 5.78 Å². The largest absolute Gasteiger partial charge is 0.360 e. The molecule has 4 rings (SSSR count). The molecule has 1 N–H and O–H groups in total. The predicted molar refractivity (Wildman–Crippen MR) is 111 cm³/mol. The number of piperidine rings is 1. The standard InChI is InChI=1S/C22H24N2O3S/c25-22(20-16-23-21-9-5-4-8-19(20)21)18-10-13-24(14-11-18)28(26,27)15-12-17-6-2-1-3-7-17/h1-9,16,18,23H,10-15H2. The molecule has 5 nitrogen and oxygen atoms in total.